The topological polar surface area (TPSA) is 81.7 Å². The van der Waals surface area contributed by atoms with Crippen molar-refractivity contribution in [2.24, 2.45) is 0 Å². The summed E-state index contributed by atoms with van der Waals surface area (Å²) in [6.07, 6.45) is 1.53. The summed E-state index contributed by atoms with van der Waals surface area (Å²) in [5.41, 5.74) is 0.830. The van der Waals surface area contributed by atoms with Gasteiger partial charge >= 0.3 is 0 Å². The molecule has 0 bridgehead atoms. The van der Waals surface area contributed by atoms with Gasteiger partial charge in [0.05, 0.1) is 18.2 Å². The van der Waals surface area contributed by atoms with E-state index < -0.39 is 0 Å². The molecular formula is C22H17NO5. The lowest BCUT2D eigenvalue weighted by Gasteiger charge is -2.11. The normalized spacial score (nSPS) is 10.7. The molecule has 0 spiro atoms. The van der Waals surface area contributed by atoms with Crippen molar-refractivity contribution in [2.45, 2.75) is 6.54 Å². The predicted molar refractivity (Wildman–Crippen MR) is 104 cm³/mol. The van der Waals surface area contributed by atoms with Crippen molar-refractivity contribution in [3.8, 4) is 17.1 Å². The molecule has 2 aromatic carbocycles. The third-order valence-electron chi connectivity index (χ3n) is 4.18. The van der Waals surface area contributed by atoms with Crippen LogP contribution in [0.1, 0.15) is 5.76 Å². The SMILES string of the molecule is O=C(COc1c(-c2ccccc2)oc2ccccc2c1=O)NCc1ccco1. The number of para-hydroxylation sites is 1. The highest BCUT2D eigenvalue weighted by atomic mass is 16.5. The van der Waals surface area contributed by atoms with Gasteiger partial charge < -0.3 is 18.9 Å². The van der Waals surface area contributed by atoms with Crippen LogP contribution in [0, 0.1) is 0 Å². The van der Waals surface area contributed by atoms with Gasteiger partial charge in [0.2, 0.25) is 11.2 Å². The summed E-state index contributed by atoms with van der Waals surface area (Å²) in [5.74, 6) is 0.563. The Hall–Kier alpha value is -3.80. The zero-order valence-corrected chi connectivity index (χ0v) is 14.9. The maximum atomic E-state index is 12.9. The Morgan fingerprint density at radius 3 is 2.54 bits per heavy atom. The van der Waals surface area contributed by atoms with Crippen LogP contribution in [-0.4, -0.2) is 12.5 Å². The van der Waals surface area contributed by atoms with Crippen LogP contribution in [0.15, 0.2) is 86.6 Å². The summed E-state index contributed by atoms with van der Waals surface area (Å²) in [6, 6.07) is 19.6. The standard InChI is InChI=1S/C22H17NO5/c24-19(23-13-16-9-6-12-26-16)14-27-22-20(25)17-10-4-5-11-18(17)28-21(22)15-7-2-1-3-8-15/h1-12H,13-14H2,(H,23,24). The molecule has 28 heavy (non-hydrogen) atoms. The maximum Gasteiger partial charge on any atom is 0.258 e. The van der Waals surface area contributed by atoms with Crippen LogP contribution in [0.5, 0.6) is 5.75 Å². The second-order valence-electron chi connectivity index (χ2n) is 6.10. The lowest BCUT2D eigenvalue weighted by molar-refractivity contribution is -0.123. The minimum absolute atomic E-state index is 0.0121. The van der Waals surface area contributed by atoms with Crippen LogP contribution in [0.25, 0.3) is 22.3 Å². The molecule has 6 nitrogen and oxygen atoms in total. The number of ether oxygens (including phenoxy) is 1. The molecule has 140 valence electrons. The smallest absolute Gasteiger partial charge is 0.258 e. The summed E-state index contributed by atoms with van der Waals surface area (Å²) in [4.78, 5) is 25.1. The van der Waals surface area contributed by atoms with Crippen LogP contribution < -0.4 is 15.5 Å². The van der Waals surface area contributed by atoms with Crippen LogP contribution in [0.3, 0.4) is 0 Å². The molecule has 0 aliphatic rings. The first-order valence-corrected chi connectivity index (χ1v) is 8.75. The van der Waals surface area contributed by atoms with Gasteiger partial charge in [0.15, 0.2) is 12.4 Å². The van der Waals surface area contributed by atoms with E-state index in [2.05, 4.69) is 5.32 Å². The van der Waals surface area contributed by atoms with Gasteiger partial charge in [0.1, 0.15) is 11.3 Å². The van der Waals surface area contributed by atoms with E-state index in [0.717, 1.165) is 0 Å². The molecule has 0 atom stereocenters. The number of fused-ring (bicyclic) bond motifs is 1. The van der Waals surface area contributed by atoms with E-state index in [9.17, 15) is 9.59 Å². The summed E-state index contributed by atoms with van der Waals surface area (Å²) < 4.78 is 16.7. The maximum absolute atomic E-state index is 12.9. The van der Waals surface area contributed by atoms with Gasteiger partial charge in [-0.05, 0) is 24.3 Å². The summed E-state index contributed by atoms with van der Waals surface area (Å²) in [5, 5.41) is 3.08. The second kappa shape index (κ2) is 7.84. The number of furan rings is 1. The first-order valence-electron chi connectivity index (χ1n) is 8.75. The monoisotopic (exact) mass is 375 g/mol. The molecule has 2 heterocycles. The third-order valence-corrected chi connectivity index (χ3v) is 4.18. The average molecular weight is 375 g/mol. The Bertz CT molecular complexity index is 1150. The number of hydrogen-bond donors (Lipinski definition) is 1. The van der Waals surface area contributed by atoms with Crippen molar-refractivity contribution in [3.63, 3.8) is 0 Å². The highest BCUT2D eigenvalue weighted by Crippen LogP contribution is 2.30. The zero-order chi connectivity index (χ0) is 19.3. The number of carbonyl (C=O) groups is 1. The first-order chi connectivity index (χ1) is 13.7. The molecule has 1 amide bonds. The second-order valence-corrected chi connectivity index (χ2v) is 6.10. The molecule has 0 aliphatic heterocycles. The highest BCUT2D eigenvalue weighted by molar-refractivity contribution is 5.82. The van der Waals surface area contributed by atoms with Gasteiger partial charge in [-0.1, -0.05) is 42.5 Å². The number of carbonyl (C=O) groups excluding carboxylic acids is 1. The fourth-order valence-electron chi connectivity index (χ4n) is 2.82. The van der Waals surface area contributed by atoms with Gasteiger partial charge in [-0.15, -0.1) is 0 Å². The van der Waals surface area contributed by atoms with E-state index in [1.807, 2.05) is 30.3 Å². The van der Waals surface area contributed by atoms with E-state index in [1.54, 1.807) is 36.4 Å². The van der Waals surface area contributed by atoms with E-state index in [0.29, 0.717) is 28.1 Å². The Balaban J connectivity index is 1.62. The average Bonchev–Trinajstić information content (AvgIpc) is 3.26. The molecule has 0 unspecified atom stereocenters. The highest BCUT2D eigenvalue weighted by Gasteiger charge is 2.18. The van der Waals surface area contributed by atoms with Crippen molar-refractivity contribution >= 4 is 16.9 Å². The van der Waals surface area contributed by atoms with Crippen molar-refractivity contribution < 1.29 is 18.4 Å². The Morgan fingerprint density at radius 1 is 0.964 bits per heavy atom. The minimum atomic E-state index is -0.372. The molecule has 2 aromatic heterocycles. The van der Waals surface area contributed by atoms with Crippen LogP contribution in [0.4, 0.5) is 0 Å². The molecule has 0 fully saturated rings. The van der Waals surface area contributed by atoms with E-state index >= 15 is 0 Å². The molecule has 4 rings (SSSR count). The van der Waals surface area contributed by atoms with Gasteiger partial charge in [0, 0.05) is 5.56 Å². The molecule has 1 N–H and O–H groups in total. The molecule has 0 saturated heterocycles. The Labute approximate surface area is 160 Å². The number of amides is 1. The number of benzene rings is 2. The first kappa shape index (κ1) is 17.6. The summed E-state index contributed by atoms with van der Waals surface area (Å²) in [6.45, 7) is -0.0727. The minimum Gasteiger partial charge on any atom is -0.476 e. The van der Waals surface area contributed by atoms with E-state index in [-0.39, 0.29) is 30.2 Å². The predicted octanol–water partition coefficient (Wildman–Crippen LogP) is 3.75. The number of hydrogen-bond acceptors (Lipinski definition) is 5. The molecule has 4 aromatic rings. The van der Waals surface area contributed by atoms with Gasteiger partial charge in [0.25, 0.3) is 5.91 Å². The van der Waals surface area contributed by atoms with Crippen LogP contribution >= 0.6 is 0 Å². The number of rotatable bonds is 6. The van der Waals surface area contributed by atoms with Gasteiger partial charge in [-0.25, -0.2) is 0 Å². The van der Waals surface area contributed by atoms with Crippen molar-refractivity contribution in [1.82, 2.24) is 5.32 Å². The largest absolute Gasteiger partial charge is 0.476 e. The zero-order valence-electron chi connectivity index (χ0n) is 14.9. The lowest BCUT2D eigenvalue weighted by Crippen LogP contribution is -2.29. The Kier molecular flexibility index (Phi) is 4.93. The van der Waals surface area contributed by atoms with Gasteiger partial charge in [-0.3, -0.25) is 9.59 Å². The van der Waals surface area contributed by atoms with Crippen molar-refractivity contribution in [1.29, 1.82) is 0 Å². The van der Waals surface area contributed by atoms with E-state index in [4.69, 9.17) is 13.6 Å². The van der Waals surface area contributed by atoms with Gasteiger partial charge in [-0.2, -0.15) is 0 Å². The fourth-order valence-corrected chi connectivity index (χ4v) is 2.82. The van der Waals surface area contributed by atoms with Crippen LogP contribution in [-0.2, 0) is 11.3 Å². The summed E-state index contributed by atoms with van der Waals surface area (Å²) in [7, 11) is 0. The quantitative estimate of drug-likeness (QED) is 0.555. The molecule has 0 saturated carbocycles. The molecule has 0 aliphatic carbocycles. The lowest BCUT2D eigenvalue weighted by atomic mass is 10.1. The third kappa shape index (κ3) is 3.66. The van der Waals surface area contributed by atoms with Crippen molar-refractivity contribution in [2.75, 3.05) is 6.61 Å². The Morgan fingerprint density at radius 2 is 1.75 bits per heavy atom. The molecule has 0 radical (unpaired) electrons. The fraction of sp³-hybridized carbons (Fsp3) is 0.0909. The number of nitrogens with one attached hydrogen (secondary N) is 1. The molecule has 6 heteroatoms. The summed E-state index contributed by atoms with van der Waals surface area (Å²) >= 11 is 0. The molecular weight excluding hydrogens is 358 g/mol. The van der Waals surface area contributed by atoms with E-state index in [1.165, 1.54) is 6.26 Å². The van der Waals surface area contributed by atoms with Crippen molar-refractivity contribution in [3.05, 3.63) is 89.0 Å². The van der Waals surface area contributed by atoms with Crippen LogP contribution in [0.2, 0.25) is 0 Å².